The summed E-state index contributed by atoms with van der Waals surface area (Å²) in [5.41, 5.74) is 3.50. The molecule has 0 bridgehead atoms. The molecule has 0 unspecified atom stereocenters. The molecule has 0 aliphatic carbocycles. The van der Waals surface area contributed by atoms with Crippen LogP contribution in [0.3, 0.4) is 0 Å². The van der Waals surface area contributed by atoms with E-state index >= 15 is 0 Å². The predicted molar refractivity (Wildman–Crippen MR) is 96.7 cm³/mol. The molecule has 2 aromatic rings. The first-order chi connectivity index (χ1) is 10.9. The van der Waals surface area contributed by atoms with E-state index in [1.165, 1.54) is 12.1 Å². The van der Waals surface area contributed by atoms with Crippen LogP contribution in [0.25, 0.3) is 0 Å². The van der Waals surface area contributed by atoms with Gasteiger partial charge in [0.1, 0.15) is 5.82 Å². The monoisotopic (exact) mass is 354 g/mol. The maximum absolute atomic E-state index is 13.1. The highest BCUT2D eigenvalue weighted by molar-refractivity contribution is 7.80. The zero-order valence-corrected chi connectivity index (χ0v) is 15.0. The van der Waals surface area contributed by atoms with E-state index in [1.54, 1.807) is 6.07 Å². The standard InChI is InChI=1S/C16H20ClFN4S/c1-4-7-19-16(23)20-15-10(2)21-22(11(15)3)9-12-5-6-13(18)8-14(12)17/h5-6,8H,4,7,9H2,1-3H3,(H2,19,20,23). The van der Waals surface area contributed by atoms with E-state index in [-0.39, 0.29) is 5.82 Å². The van der Waals surface area contributed by atoms with Gasteiger partial charge in [-0.1, -0.05) is 24.6 Å². The van der Waals surface area contributed by atoms with Crippen LogP contribution in [0.15, 0.2) is 18.2 Å². The van der Waals surface area contributed by atoms with E-state index in [2.05, 4.69) is 22.7 Å². The minimum absolute atomic E-state index is 0.346. The van der Waals surface area contributed by atoms with Crippen LogP contribution < -0.4 is 10.6 Å². The third-order valence-electron chi connectivity index (χ3n) is 3.49. The average Bonchev–Trinajstić information content (AvgIpc) is 2.75. The van der Waals surface area contributed by atoms with Gasteiger partial charge >= 0.3 is 0 Å². The Balaban J connectivity index is 2.18. The molecule has 0 spiro atoms. The Kier molecular flexibility index (Phi) is 5.96. The molecule has 2 rings (SSSR count). The molecule has 0 saturated heterocycles. The third-order valence-corrected chi connectivity index (χ3v) is 4.09. The van der Waals surface area contributed by atoms with Gasteiger partial charge < -0.3 is 10.6 Å². The van der Waals surface area contributed by atoms with E-state index in [0.29, 0.717) is 16.7 Å². The minimum Gasteiger partial charge on any atom is -0.362 e. The third kappa shape index (κ3) is 4.42. The number of thiocarbonyl (C=S) groups is 1. The van der Waals surface area contributed by atoms with Crippen LogP contribution >= 0.6 is 23.8 Å². The Bertz CT molecular complexity index is 714. The number of nitrogens with one attached hydrogen (secondary N) is 2. The van der Waals surface area contributed by atoms with Gasteiger partial charge in [0.25, 0.3) is 0 Å². The molecule has 0 saturated carbocycles. The summed E-state index contributed by atoms with van der Waals surface area (Å²) < 4.78 is 15.0. The van der Waals surface area contributed by atoms with E-state index in [1.807, 2.05) is 18.5 Å². The molecule has 0 fully saturated rings. The van der Waals surface area contributed by atoms with Crippen LogP contribution in [-0.4, -0.2) is 21.4 Å². The van der Waals surface area contributed by atoms with Crippen LogP contribution in [0, 0.1) is 19.7 Å². The SMILES string of the molecule is CCCNC(=S)Nc1c(C)nn(Cc2ccc(F)cc2Cl)c1C. The summed E-state index contributed by atoms with van der Waals surface area (Å²) in [7, 11) is 0. The van der Waals surface area contributed by atoms with E-state index in [4.69, 9.17) is 23.8 Å². The Labute approximate surface area is 146 Å². The molecule has 0 aliphatic heterocycles. The molecule has 0 aliphatic rings. The first kappa shape index (κ1) is 17.7. The normalized spacial score (nSPS) is 10.7. The minimum atomic E-state index is -0.346. The molecule has 124 valence electrons. The van der Waals surface area contributed by atoms with Crippen molar-refractivity contribution >= 4 is 34.6 Å². The number of benzene rings is 1. The van der Waals surface area contributed by atoms with Crippen molar-refractivity contribution in [1.29, 1.82) is 0 Å². The summed E-state index contributed by atoms with van der Waals surface area (Å²) in [5, 5.41) is 11.8. The molecule has 7 heteroatoms. The van der Waals surface area contributed by atoms with Crippen molar-refractivity contribution in [3.05, 3.63) is 46.0 Å². The quantitative estimate of drug-likeness (QED) is 0.795. The maximum Gasteiger partial charge on any atom is 0.170 e. The van der Waals surface area contributed by atoms with Crippen molar-refractivity contribution in [3.8, 4) is 0 Å². The van der Waals surface area contributed by atoms with Crippen molar-refractivity contribution in [3.63, 3.8) is 0 Å². The molecular weight excluding hydrogens is 335 g/mol. The second-order valence-electron chi connectivity index (χ2n) is 5.32. The van der Waals surface area contributed by atoms with Crippen LogP contribution in [-0.2, 0) is 6.54 Å². The highest BCUT2D eigenvalue weighted by Gasteiger charge is 2.14. The van der Waals surface area contributed by atoms with Gasteiger partial charge in [0.2, 0.25) is 0 Å². The summed E-state index contributed by atoms with van der Waals surface area (Å²) in [5.74, 6) is -0.346. The first-order valence-corrected chi connectivity index (χ1v) is 8.23. The van der Waals surface area contributed by atoms with Crippen molar-refractivity contribution in [2.75, 3.05) is 11.9 Å². The second-order valence-corrected chi connectivity index (χ2v) is 6.14. The van der Waals surface area contributed by atoms with Gasteiger partial charge in [-0.05, 0) is 50.2 Å². The molecule has 0 amide bonds. The largest absolute Gasteiger partial charge is 0.362 e. The number of aryl methyl sites for hydroxylation is 1. The van der Waals surface area contributed by atoms with E-state index in [0.717, 1.165) is 35.6 Å². The topological polar surface area (TPSA) is 41.9 Å². The Hall–Kier alpha value is -1.66. The Morgan fingerprint density at radius 1 is 1.39 bits per heavy atom. The predicted octanol–water partition coefficient (Wildman–Crippen LogP) is 4.04. The smallest absolute Gasteiger partial charge is 0.170 e. The number of aromatic nitrogens is 2. The van der Waals surface area contributed by atoms with Gasteiger partial charge in [-0.3, -0.25) is 4.68 Å². The van der Waals surface area contributed by atoms with Crippen LogP contribution in [0.1, 0.15) is 30.3 Å². The fourth-order valence-corrected chi connectivity index (χ4v) is 2.67. The summed E-state index contributed by atoms with van der Waals surface area (Å²) >= 11 is 11.4. The molecule has 0 atom stereocenters. The molecule has 1 aromatic heterocycles. The van der Waals surface area contributed by atoms with Gasteiger partial charge in [-0.25, -0.2) is 4.39 Å². The number of hydrogen-bond acceptors (Lipinski definition) is 2. The van der Waals surface area contributed by atoms with Gasteiger partial charge in [-0.2, -0.15) is 5.10 Å². The number of nitrogens with zero attached hydrogens (tertiary/aromatic N) is 2. The highest BCUT2D eigenvalue weighted by atomic mass is 35.5. The molecule has 23 heavy (non-hydrogen) atoms. The maximum atomic E-state index is 13.1. The number of halogens is 2. The average molecular weight is 355 g/mol. The van der Waals surface area contributed by atoms with Crippen LogP contribution in [0.4, 0.5) is 10.1 Å². The van der Waals surface area contributed by atoms with Gasteiger partial charge in [0.05, 0.1) is 23.6 Å². The Morgan fingerprint density at radius 3 is 2.78 bits per heavy atom. The zero-order valence-electron chi connectivity index (χ0n) is 13.4. The molecule has 4 nitrogen and oxygen atoms in total. The van der Waals surface area contributed by atoms with E-state index < -0.39 is 0 Å². The van der Waals surface area contributed by atoms with Crippen molar-refractivity contribution in [2.45, 2.75) is 33.7 Å². The molecule has 1 heterocycles. The summed E-state index contributed by atoms with van der Waals surface area (Å²) in [6, 6.07) is 4.38. The molecular formula is C16H20ClFN4S. The molecule has 2 N–H and O–H groups in total. The van der Waals surface area contributed by atoms with Gasteiger partial charge in [0.15, 0.2) is 5.11 Å². The fraction of sp³-hybridized carbons (Fsp3) is 0.375. The Morgan fingerprint density at radius 2 is 2.13 bits per heavy atom. The van der Waals surface area contributed by atoms with Crippen molar-refractivity contribution in [2.24, 2.45) is 0 Å². The molecule has 0 radical (unpaired) electrons. The van der Waals surface area contributed by atoms with Gasteiger partial charge in [0, 0.05) is 11.6 Å². The summed E-state index contributed by atoms with van der Waals surface area (Å²) in [4.78, 5) is 0. The molecule has 1 aromatic carbocycles. The fourth-order valence-electron chi connectivity index (χ4n) is 2.24. The summed E-state index contributed by atoms with van der Waals surface area (Å²) in [6.45, 7) is 7.26. The second kappa shape index (κ2) is 7.75. The van der Waals surface area contributed by atoms with Crippen LogP contribution in [0.5, 0.6) is 0 Å². The zero-order chi connectivity index (χ0) is 17.0. The lowest BCUT2D eigenvalue weighted by molar-refractivity contribution is 0.622. The summed E-state index contributed by atoms with van der Waals surface area (Å²) in [6.07, 6.45) is 1.00. The van der Waals surface area contributed by atoms with Crippen molar-refractivity contribution < 1.29 is 4.39 Å². The van der Waals surface area contributed by atoms with Crippen molar-refractivity contribution in [1.82, 2.24) is 15.1 Å². The van der Waals surface area contributed by atoms with E-state index in [9.17, 15) is 4.39 Å². The number of hydrogen-bond donors (Lipinski definition) is 2. The number of anilines is 1. The van der Waals surface area contributed by atoms with Crippen LogP contribution in [0.2, 0.25) is 5.02 Å². The lowest BCUT2D eigenvalue weighted by Gasteiger charge is -2.11. The number of rotatable bonds is 5. The first-order valence-electron chi connectivity index (χ1n) is 7.45. The lowest BCUT2D eigenvalue weighted by Crippen LogP contribution is -2.29. The van der Waals surface area contributed by atoms with Gasteiger partial charge in [-0.15, -0.1) is 0 Å². The lowest BCUT2D eigenvalue weighted by atomic mass is 10.2. The highest BCUT2D eigenvalue weighted by Crippen LogP contribution is 2.23.